The maximum Gasteiger partial charge on any atom is 0.0740 e. The van der Waals surface area contributed by atoms with Crippen LogP contribution in [0.3, 0.4) is 0 Å². The first kappa shape index (κ1) is 14.5. The number of hydrogen-bond donors (Lipinski definition) is 0. The van der Waals surface area contributed by atoms with Gasteiger partial charge in [-0.1, -0.05) is 51.6 Å². The average molecular weight is 265 g/mol. The van der Waals surface area contributed by atoms with Crippen molar-refractivity contribution in [3.63, 3.8) is 0 Å². The number of nitrogens with zero attached hydrogens (tertiary/aromatic N) is 1. The minimum atomic E-state index is 0.454. The van der Waals surface area contributed by atoms with Gasteiger partial charge in [-0.15, -0.1) is 0 Å². The molecule has 104 valence electrons. The van der Waals surface area contributed by atoms with Crippen molar-refractivity contribution in [2.75, 3.05) is 0 Å². The molecule has 0 saturated carbocycles. The molecule has 0 amide bonds. The molecule has 1 atom stereocenters. The van der Waals surface area contributed by atoms with Gasteiger partial charge in [0.1, 0.15) is 0 Å². The van der Waals surface area contributed by atoms with Crippen molar-refractivity contribution in [1.29, 1.82) is 0 Å². The smallest absolute Gasteiger partial charge is 0.0740 e. The Hall–Kier alpha value is -1.89. The summed E-state index contributed by atoms with van der Waals surface area (Å²) in [6.45, 7) is 12.7. The lowest BCUT2D eigenvalue weighted by molar-refractivity contribution is 0.752. The van der Waals surface area contributed by atoms with Crippen LogP contribution in [0.15, 0.2) is 43.1 Å². The zero-order chi connectivity index (χ0) is 14.7. The third-order valence-corrected chi connectivity index (χ3v) is 3.91. The van der Waals surface area contributed by atoms with E-state index in [1.807, 2.05) is 26.1 Å². The van der Waals surface area contributed by atoms with E-state index in [-0.39, 0.29) is 0 Å². The van der Waals surface area contributed by atoms with Crippen LogP contribution in [0.25, 0.3) is 5.57 Å². The first-order valence-corrected chi connectivity index (χ1v) is 7.48. The van der Waals surface area contributed by atoms with E-state index in [2.05, 4.69) is 49.7 Å². The molecule has 0 saturated heterocycles. The van der Waals surface area contributed by atoms with E-state index in [9.17, 15) is 0 Å². The van der Waals surface area contributed by atoms with Crippen LogP contribution in [0.2, 0.25) is 0 Å². The maximum atomic E-state index is 4.53. The Balaban J connectivity index is 0.000000704. The van der Waals surface area contributed by atoms with Crippen molar-refractivity contribution in [3.8, 4) is 0 Å². The molecule has 1 aromatic heterocycles. The second kappa shape index (κ2) is 6.04. The Morgan fingerprint density at radius 1 is 1.15 bits per heavy atom. The number of aryl methyl sites for hydroxylation is 1. The molecule has 2 aromatic rings. The van der Waals surface area contributed by atoms with Gasteiger partial charge in [-0.25, -0.2) is 0 Å². The molecular weight excluding hydrogens is 242 g/mol. The number of fused-ring (bicyclic) bond motifs is 2. The Bertz CT molecular complexity index is 625. The number of hydrogen-bond acceptors (Lipinski definition) is 1. The third kappa shape index (κ3) is 2.18. The molecule has 1 unspecified atom stereocenters. The molecule has 3 rings (SSSR count). The minimum absolute atomic E-state index is 0.454. The minimum Gasteiger partial charge on any atom is -0.256 e. The van der Waals surface area contributed by atoms with Gasteiger partial charge < -0.3 is 0 Å². The van der Waals surface area contributed by atoms with Crippen LogP contribution in [0.4, 0.5) is 0 Å². The molecule has 0 fully saturated rings. The summed E-state index contributed by atoms with van der Waals surface area (Å²) < 4.78 is 0. The molecule has 1 aliphatic carbocycles. The maximum absolute atomic E-state index is 4.53. The summed E-state index contributed by atoms with van der Waals surface area (Å²) in [5.74, 6) is 0.454. The van der Waals surface area contributed by atoms with Crippen LogP contribution in [-0.4, -0.2) is 4.98 Å². The summed E-state index contributed by atoms with van der Waals surface area (Å²) >= 11 is 0. The van der Waals surface area contributed by atoms with E-state index in [0.29, 0.717) is 5.92 Å². The molecule has 0 radical (unpaired) electrons. The molecule has 0 aliphatic heterocycles. The van der Waals surface area contributed by atoms with E-state index in [4.69, 9.17) is 0 Å². The van der Waals surface area contributed by atoms with Gasteiger partial charge in [0.2, 0.25) is 0 Å². The van der Waals surface area contributed by atoms with Crippen LogP contribution in [0, 0.1) is 6.92 Å². The number of aromatic nitrogens is 1. The van der Waals surface area contributed by atoms with Crippen LogP contribution in [0.1, 0.15) is 61.1 Å². The first-order valence-electron chi connectivity index (χ1n) is 7.48. The molecule has 0 N–H and O–H groups in total. The molecule has 0 bridgehead atoms. The summed E-state index contributed by atoms with van der Waals surface area (Å²) in [7, 11) is 0. The Labute approximate surface area is 122 Å². The molecule has 1 nitrogen and oxygen atoms in total. The number of benzene rings is 1. The second-order valence-electron chi connectivity index (χ2n) is 4.92. The second-order valence-corrected chi connectivity index (χ2v) is 4.92. The van der Waals surface area contributed by atoms with Gasteiger partial charge in [0.15, 0.2) is 0 Å². The molecular formula is C19H23N. The Morgan fingerprint density at radius 2 is 1.90 bits per heavy atom. The Morgan fingerprint density at radius 3 is 2.60 bits per heavy atom. The normalized spacial score (nSPS) is 15.8. The van der Waals surface area contributed by atoms with Crippen molar-refractivity contribution in [1.82, 2.24) is 4.98 Å². The van der Waals surface area contributed by atoms with Crippen LogP contribution < -0.4 is 0 Å². The average Bonchev–Trinajstić information content (AvgIpc) is 2.51. The van der Waals surface area contributed by atoms with E-state index in [0.717, 1.165) is 17.7 Å². The van der Waals surface area contributed by atoms with E-state index >= 15 is 0 Å². The lowest BCUT2D eigenvalue weighted by atomic mass is 9.75. The van der Waals surface area contributed by atoms with Crippen LogP contribution >= 0.6 is 0 Å². The molecule has 0 spiro atoms. The summed E-state index contributed by atoms with van der Waals surface area (Å²) in [4.78, 5) is 4.53. The predicted molar refractivity (Wildman–Crippen MR) is 87.0 cm³/mol. The summed E-state index contributed by atoms with van der Waals surface area (Å²) in [5, 5.41) is 0. The van der Waals surface area contributed by atoms with Crippen molar-refractivity contribution in [3.05, 3.63) is 71.1 Å². The zero-order valence-corrected chi connectivity index (χ0v) is 12.9. The largest absolute Gasteiger partial charge is 0.256 e. The number of rotatable bonds is 1. The Kier molecular flexibility index (Phi) is 4.39. The monoisotopic (exact) mass is 265 g/mol. The van der Waals surface area contributed by atoms with Crippen LogP contribution in [-0.2, 0) is 0 Å². The molecule has 1 aliphatic rings. The number of pyridine rings is 1. The first-order chi connectivity index (χ1) is 9.74. The van der Waals surface area contributed by atoms with Crippen molar-refractivity contribution < 1.29 is 0 Å². The van der Waals surface area contributed by atoms with Gasteiger partial charge in [-0.2, -0.15) is 0 Å². The van der Waals surface area contributed by atoms with Gasteiger partial charge in [0, 0.05) is 17.7 Å². The quantitative estimate of drug-likeness (QED) is 0.679. The zero-order valence-electron chi connectivity index (χ0n) is 12.9. The predicted octanol–water partition coefficient (Wildman–Crippen LogP) is 5.33. The lowest BCUT2D eigenvalue weighted by Gasteiger charge is -2.29. The van der Waals surface area contributed by atoms with Crippen LogP contribution in [0.5, 0.6) is 0 Å². The lowest BCUT2D eigenvalue weighted by Crippen LogP contribution is -2.14. The molecule has 20 heavy (non-hydrogen) atoms. The highest BCUT2D eigenvalue weighted by Gasteiger charge is 2.28. The SMILES string of the molecule is C=C1c2cccc(C)c2C(CC)c2cccnc21.CC. The standard InChI is InChI=1S/C17H17N.C2H6/c1-4-13-15-9-6-10-18-17(15)12(3)14-8-5-7-11(2)16(13)14;1-2/h5-10,13H,3-4H2,1-2H3;1-2H3. The van der Waals surface area contributed by atoms with Gasteiger partial charge in [-0.3, -0.25) is 4.98 Å². The highest BCUT2D eigenvalue weighted by atomic mass is 14.7. The molecule has 1 heterocycles. The van der Waals surface area contributed by atoms with Crippen molar-refractivity contribution in [2.45, 2.75) is 40.0 Å². The van der Waals surface area contributed by atoms with Gasteiger partial charge in [0.05, 0.1) is 5.69 Å². The molecule has 1 aromatic carbocycles. The van der Waals surface area contributed by atoms with Gasteiger partial charge in [0.25, 0.3) is 0 Å². The third-order valence-electron chi connectivity index (χ3n) is 3.91. The summed E-state index contributed by atoms with van der Waals surface area (Å²) in [6, 6.07) is 10.7. The fourth-order valence-electron chi connectivity index (χ4n) is 3.06. The van der Waals surface area contributed by atoms with Crippen molar-refractivity contribution in [2.24, 2.45) is 0 Å². The topological polar surface area (TPSA) is 12.9 Å². The highest BCUT2D eigenvalue weighted by molar-refractivity contribution is 5.84. The van der Waals surface area contributed by atoms with Crippen molar-refractivity contribution >= 4 is 5.57 Å². The van der Waals surface area contributed by atoms with E-state index in [1.165, 1.54) is 22.3 Å². The summed E-state index contributed by atoms with van der Waals surface area (Å²) in [5.41, 5.74) is 7.52. The van der Waals surface area contributed by atoms with E-state index < -0.39 is 0 Å². The summed E-state index contributed by atoms with van der Waals surface area (Å²) in [6.07, 6.45) is 2.96. The highest BCUT2D eigenvalue weighted by Crippen LogP contribution is 2.43. The fourth-order valence-corrected chi connectivity index (χ4v) is 3.06. The fraction of sp³-hybridized carbons (Fsp3) is 0.316. The van der Waals surface area contributed by atoms with Gasteiger partial charge >= 0.3 is 0 Å². The van der Waals surface area contributed by atoms with Gasteiger partial charge in [-0.05, 0) is 41.7 Å². The van der Waals surface area contributed by atoms with E-state index in [1.54, 1.807) is 0 Å². The molecule has 1 heteroatoms.